The summed E-state index contributed by atoms with van der Waals surface area (Å²) in [5.74, 6) is 0.524. The number of benzene rings is 1. The molecule has 1 saturated carbocycles. The summed E-state index contributed by atoms with van der Waals surface area (Å²) < 4.78 is 0. The first kappa shape index (κ1) is 13.8. The van der Waals surface area contributed by atoms with Crippen molar-refractivity contribution in [1.82, 2.24) is 0 Å². The van der Waals surface area contributed by atoms with Crippen LogP contribution in [0.5, 0.6) is 0 Å². The Hall–Kier alpha value is -1.12. The van der Waals surface area contributed by atoms with Gasteiger partial charge in [-0.3, -0.25) is 0 Å². The summed E-state index contributed by atoms with van der Waals surface area (Å²) in [6.07, 6.45) is 7.22. The summed E-state index contributed by atoms with van der Waals surface area (Å²) in [5.41, 5.74) is 9.70. The number of rotatable bonds is 4. The lowest BCUT2D eigenvalue weighted by atomic mass is 9.68. The van der Waals surface area contributed by atoms with Gasteiger partial charge < -0.3 is 5.73 Å². The molecule has 0 radical (unpaired) electrons. The molecule has 2 N–H and O–H groups in total. The van der Waals surface area contributed by atoms with E-state index in [9.17, 15) is 0 Å². The molecule has 20 heavy (non-hydrogen) atoms. The van der Waals surface area contributed by atoms with Gasteiger partial charge in [-0.1, -0.05) is 43.2 Å². The molecule has 2 aromatic rings. The van der Waals surface area contributed by atoms with Crippen LogP contribution in [0.2, 0.25) is 0 Å². The molecule has 3 rings (SSSR count). The number of hydrogen-bond acceptors (Lipinski definition) is 2. The molecule has 0 aliphatic heterocycles. The van der Waals surface area contributed by atoms with Crippen molar-refractivity contribution >= 4 is 11.3 Å². The average Bonchev–Trinajstić information content (AvgIpc) is 3.00. The van der Waals surface area contributed by atoms with Gasteiger partial charge in [-0.15, -0.1) is 0 Å². The van der Waals surface area contributed by atoms with Gasteiger partial charge in [0.15, 0.2) is 0 Å². The van der Waals surface area contributed by atoms with Gasteiger partial charge in [0.25, 0.3) is 0 Å². The van der Waals surface area contributed by atoms with Crippen molar-refractivity contribution in [1.29, 1.82) is 0 Å². The van der Waals surface area contributed by atoms with Gasteiger partial charge in [0, 0.05) is 11.5 Å². The van der Waals surface area contributed by atoms with E-state index in [1.807, 2.05) is 0 Å². The topological polar surface area (TPSA) is 26.0 Å². The number of aryl methyl sites for hydroxylation is 1. The van der Waals surface area contributed by atoms with Crippen molar-refractivity contribution in [3.8, 4) is 0 Å². The summed E-state index contributed by atoms with van der Waals surface area (Å²) >= 11 is 1.78. The van der Waals surface area contributed by atoms with Crippen LogP contribution in [0, 0.1) is 0 Å². The second-order valence-electron chi connectivity index (χ2n) is 6.07. The first-order valence-electron chi connectivity index (χ1n) is 7.63. The fraction of sp³-hybridized carbons (Fsp3) is 0.444. The molecular weight excluding hydrogens is 262 g/mol. The molecule has 0 bridgehead atoms. The van der Waals surface area contributed by atoms with Crippen LogP contribution >= 0.6 is 11.3 Å². The van der Waals surface area contributed by atoms with Crippen molar-refractivity contribution in [2.75, 3.05) is 0 Å². The minimum Gasteiger partial charge on any atom is -0.325 e. The van der Waals surface area contributed by atoms with E-state index in [1.165, 1.54) is 30.4 Å². The fourth-order valence-corrected chi connectivity index (χ4v) is 4.26. The molecular formula is C18H23NS. The zero-order valence-corrected chi connectivity index (χ0v) is 12.7. The fourth-order valence-electron chi connectivity index (χ4n) is 3.56. The minimum absolute atomic E-state index is 0.0262. The van der Waals surface area contributed by atoms with Crippen molar-refractivity contribution in [3.63, 3.8) is 0 Å². The molecule has 1 aromatic carbocycles. The normalized spacial score (nSPS) is 26.6. The number of hydrogen-bond donors (Lipinski definition) is 1. The molecule has 0 spiro atoms. The zero-order valence-electron chi connectivity index (χ0n) is 11.9. The third kappa shape index (κ3) is 2.97. The Morgan fingerprint density at radius 2 is 2.00 bits per heavy atom. The third-order valence-electron chi connectivity index (χ3n) is 4.74. The summed E-state index contributed by atoms with van der Waals surface area (Å²) in [6.45, 7) is 0. The highest BCUT2D eigenvalue weighted by Crippen LogP contribution is 2.41. The molecule has 0 saturated heterocycles. The predicted molar refractivity (Wildman–Crippen MR) is 87.2 cm³/mol. The maximum absolute atomic E-state index is 6.86. The molecule has 1 aliphatic carbocycles. The summed E-state index contributed by atoms with van der Waals surface area (Å²) in [4.78, 5) is 0. The summed E-state index contributed by atoms with van der Waals surface area (Å²) in [7, 11) is 0. The highest BCUT2D eigenvalue weighted by atomic mass is 32.1. The lowest BCUT2D eigenvalue weighted by Gasteiger charge is -2.42. The van der Waals surface area contributed by atoms with Gasteiger partial charge in [0.1, 0.15) is 0 Å². The maximum Gasteiger partial charge on any atom is 0.0226 e. The predicted octanol–water partition coefficient (Wildman–Crippen LogP) is 4.74. The first-order chi connectivity index (χ1) is 9.78. The zero-order chi connectivity index (χ0) is 13.8. The maximum atomic E-state index is 6.86. The van der Waals surface area contributed by atoms with Gasteiger partial charge in [-0.05, 0) is 53.6 Å². The van der Waals surface area contributed by atoms with E-state index < -0.39 is 0 Å². The lowest BCUT2D eigenvalue weighted by molar-refractivity contribution is 0.235. The van der Waals surface area contributed by atoms with Gasteiger partial charge in [-0.25, -0.2) is 0 Å². The Morgan fingerprint density at radius 1 is 1.15 bits per heavy atom. The van der Waals surface area contributed by atoms with E-state index in [-0.39, 0.29) is 5.54 Å². The van der Waals surface area contributed by atoms with Crippen LogP contribution in [0.3, 0.4) is 0 Å². The van der Waals surface area contributed by atoms with Gasteiger partial charge >= 0.3 is 0 Å². The van der Waals surface area contributed by atoms with Crippen LogP contribution in [0.4, 0.5) is 0 Å². The molecule has 2 heteroatoms. The molecule has 1 aromatic heterocycles. The van der Waals surface area contributed by atoms with Crippen LogP contribution in [-0.4, -0.2) is 5.54 Å². The molecule has 106 valence electrons. The van der Waals surface area contributed by atoms with Crippen molar-refractivity contribution in [2.24, 2.45) is 5.73 Å². The second kappa shape index (κ2) is 6.11. The Kier molecular flexibility index (Phi) is 4.23. The first-order valence-corrected chi connectivity index (χ1v) is 8.57. The second-order valence-corrected chi connectivity index (χ2v) is 6.85. The SMILES string of the molecule is NC1(CCc2ccsc2)CCCCC1c1ccccc1. The lowest BCUT2D eigenvalue weighted by Crippen LogP contribution is -2.48. The monoisotopic (exact) mass is 285 g/mol. The Morgan fingerprint density at radius 3 is 2.75 bits per heavy atom. The van der Waals surface area contributed by atoms with Crippen molar-refractivity contribution < 1.29 is 0 Å². The average molecular weight is 285 g/mol. The van der Waals surface area contributed by atoms with Gasteiger partial charge in [0.05, 0.1) is 0 Å². The number of nitrogens with two attached hydrogens (primary N) is 1. The quantitative estimate of drug-likeness (QED) is 0.863. The van der Waals surface area contributed by atoms with Crippen LogP contribution in [-0.2, 0) is 6.42 Å². The molecule has 1 heterocycles. The minimum atomic E-state index is -0.0262. The molecule has 0 amide bonds. The largest absolute Gasteiger partial charge is 0.325 e. The van der Waals surface area contributed by atoms with E-state index in [0.717, 1.165) is 19.3 Å². The van der Waals surface area contributed by atoms with Crippen molar-refractivity contribution in [2.45, 2.75) is 50.0 Å². The third-order valence-corrected chi connectivity index (χ3v) is 5.47. The van der Waals surface area contributed by atoms with E-state index in [2.05, 4.69) is 47.2 Å². The Labute approximate surface area is 125 Å². The summed E-state index contributed by atoms with van der Waals surface area (Å²) in [5, 5.41) is 4.41. The molecule has 2 atom stereocenters. The highest BCUT2D eigenvalue weighted by molar-refractivity contribution is 7.07. The Balaban J connectivity index is 1.76. The standard InChI is InChI=1S/C18H23NS/c19-18(12-9-15-10-13-20-14-15)11-5-4-8-17(18)16-6-2-1-3-7-16/h1-3,6-7,10,13-14,17H,4-5,8-9,11-12,19H2. The van der Waals surface area contributed by atoms with Crippen LogP contribution < -0.4 is 5.73 Å². The van der Waals surface area contributed by atoms with E-state index in [1.54, 1.807) is 11.3 Å². The van der Waals surface area contributed by atoms with E-state index in [4.69, 9.17) is 5.73 Å². The highest BCUT2D eigenvalue weighted by Gasteiger charge is 2.37. The van der Waals surface area contributed by atoms with Crippen LogP contribution in [0.25, 0.3) is 0 Å². The molecule has 1 fully saturated rings. The number of thiophene rings is 1. The molecule has 2 unspecified atom stereocenters. The van der Waals surface area contributed by atoms with Crippen molar-refractivity contribution in [3.05, 3.63) is 58.3 Å². The van der Waals surface area contributed by atoms with Crippen LogP contribution in [0.1, 0.15) is 49.1 Å². The van der Waals surface area contributed by atoms with E-state index >= 15 is 0 Å². The smallest absolute Gasteiger partial charge is 0.0226 e. The van der Waals surface area contributed by atoms with Gasteiger partial charge in [0.2, 0.25) is 0 Å². The Bertz CT molecular complexity index is 520. The van der Waals surface area contributed by atoms with Crippen LogP contribution in [0.15, 0.2) is 47.2 Å². The van der Waals surface area contributed by atoms with Gasteiger partial charge in [-0.2, -0.15) is 11.3 Å². The molecule has 1 nitrogen and oxygen atoms in total. The van der Waals surface area contributed by atoms with E-state index in [0.29, 0.717) is 5.92 Å². The molecule has 1 aliphatic rings. The summed E-state index contributed by atoms with van der Waals surface area (Å²) in [6, 6.07) is 13.1.